The lowest BCUT2D eigenvalue weighted by atomic mass is 10.1. The number of amides is 2. The highest BCUT2D eigenvalue weighted by atomic mass is 32.2. The van der Waals surface area contributed by atoms with E-state index in [1.165, 1.54) is 0 Å². The molecule has 0 spiro atoms. The smallest absolute Gasteiger partial charge is 0.331 e. The summed E-state index contributed by atoms with van der Waals surface area (Å²) in [7, 11) is 0. The van der Waals surface area contributed by atoms with Crippen LogP contribution < -0.4 is 9.64 Å². The Morgan fingerprint density at radius 3 is 2.31 bits per heavy atom. The lowest BCUT2D eigenvalue weighted by molar-refractivity contribution is 0.217. The summed E-state index contributed by atoms with van der Waals surface area (Å²) in [5.41, 5.74) is 0.661. The maximum absolute atomic E-state index is 13.2. The number of urea groups is 1. The molecular formula is C20H31N3O2S. The van der Waals surface area contributed by atoms with Crippen LogP contribution in [-0.2, 0) is 0 Å². The Kier molecular flexibility index (Phi) is 6.61. The van der Waals surface area contributed by atoms with Gasteiger partial charge in [-0.05, 0) is 72.2 Å². The number of nitrogens with zero attached hydrogens (tertiary/aromatic N) is 3. The summed E-state index contributed by atoms with van der Waals surface area (Å²) in [6.45, 7) is 14.3. The van der Waals surface area contributed by atoms with Crippen LogP contribution in [0.1, 0.15) is 54.9 Å². The van der Waals surface area contributed by atoms with Crippen molar-refractivity contribution in [2.45, 2.75) is 72.6 Å². The van der Waals surface area contributed by atoms with Crippen LogP contribution in [0.25, 0.3) is 0 Å². The molecule has 0 aliphatic carbocycles. The quantitative estimate of drug-likeness (QED) is 0.694. The number of carbonyl (C=O) groups is 1. The average Bonchev–Trinajstić information content (AvgIpc) is 2.53. The Labute approximate surface area is 161 Å². The molecule has 1 aromatic rings. The zero-order chi connectivity index (χ0) is 19.5. The second kappa shape index (κ2) is 8.33. The van der Waals surface area contributed by atoms with Gasteiger partial charge in [0, 0.05) is 11.7 Å². The third kappa shape index (κ3) is 5.16. The number of anilines is 1. The fraction of sp³-hybridized carbons (Fsp3) is 0.600. The van der Waals surface area contributed by atoms with E-state index in [0.29, 0.717) is 5.88 Å². The highest BCUT2D eigenvalue weighted by Gasteiger charge is 2.35. The van der Waals surface area contributed by atoms with Crippen molar-refractivity contribution >= 4 is 28.6 Å². The molecule has 0 aromatic heterocycles. The van der Waals surface area contributed by atoms with Crippen molar-refractivity contribution in [3.8, 4) is 5.75 Å². The maximum atomic E-state index is 13.2. The summed E-state index contributed by atoms with van der Waals surface area (Å²) >= 11 is 1.61. The van der Waals surface area contributed by atoms with Crippen LogP contribution in [0.3, 0.4) is 0 Å². The molecular weight excluding hydrogens is 346 g/mol. The fourth-order valence-corrected chi connectivity index (χ4v) is 3.79. The molecule has 26 heavy (non-hydrogen) atoms. The van der Waals surface area contributed by atoms with Gasteiger partial charge in [-0.15, -0.1) is 0 Å². The van der Waals surface area contributed by atoms with Crippen LogP contribution in [-0.4, -0.2) is 39.7 Å². The standard InChI is InChI=1S/C20H31N3O2S/c1-8-15(4)23-18(21-20(5,6)7)26-13-22(19(23)24)16-9-11-17(12-10-16)25-14(2)3/h9-12,14-15H,8,13H2,1-7H3/b21-18-. The van der Waals surface area contributed by atoms with Gasteiger partial charge < -0.3 is 4.74 Å². The molecule has 1 aliphatic rings. The first-order valence-electron chi connectivity index (χ1n) is 9.22. The van der Waals surface area contributed by atoms with E-state index in [9.17, 15) is 4.79 Å². The predicted octanol–water partition coefficient (Wildman–Crippen LogP) is 5.36. The molecule has 0 N–H and O–H groups in total. The van der Waals surface area contributed by atoms with Crippen LogP contribution >= 0.6 is 11.8 Å². The Bertz CT molecular complexity index is 650. The molecule has 1 unspecified atom stereocenters. The SMILES string of the molecule is CCC(C)N1C(=O)N(c2ccc(OC(C)C)cc2)CS/C1=N\C(C)(C)C. The van der Waals surface area contributed by atoms with Crippen molar-refractivity contribution in [1.29, 1.82) is 0 Å². The Morgan fingerprint density at radius 2 is 1.81 bits per heavy atom. The second-order valence-electron chi connectivity index (χ2n) is 7.84. The van der Waals surface area contributed by atoms with E-state index in [1.807, 2.05) is 43.0 Å². The van der Waals surface area contributed by atoms with E-state index in [1.54, 1.807) is 16.7 Å². The molecule has 0 radical (unpaired) electrons. The van der Waals surface area contributed by atoms with E-state index < -0.39 is 0 Å². The van der Waals surface area contributed by atoms with Gasteiger partial charge in [0.15, 0.2) is 5.17 Å². The zero-order valence-electron chi connectivity index (χ0n) is 16.9. The number of ether oxygens (including phenoxy) is 1. The minimum absolute atomic E-state index is 0.0152. The topological polar surface area (TPSA) is 45.1 Å². The summed E-state index contributed by atoms with van der Waals surface area (Å²) in [6.07, 6.45) is 1.01. The fourth-order valence-electron chi connectivity index (χ4n) is 2.55. The Hall–Kier alpha value is -1.69. The number of benzene rings is 1. The molecule has 144 valence electrons. The van der Waals surface area contributed by atoms with Gasteiger partial charge in [-0.2, -0.15) is 0 Å². The molecule has 5 nitrogen and oxygen atoms in total. The van der Waals surface area contributed by atoms with Crippen molar-refractivity contribution in [1.82, 2.24) is 4.90 Å². The summed E-state index contributed by atoms with van der Waals surface area (Å²) in [5.74, 6) is 1.38. The minimum atomic E-state index is -0.216. The van der Waals surface area contributed by atoms with Crippen LogP contribution in [0.15, 0.2) is 29.3 Å². The summed E-state index contributed by atoms with van der Waals surface area (Å²) in [5, 5.41) is 0.813. The summed E-state index contributed by atoms with van der Waals surface area (Å²) in [4.78, 5) is 21.6. The van der Waals surface area contributed by atoms with Gasteiger partial charge in [0.05, 0.1) is 17.5 Å². The van der Waals surface area contributed by atoms with Gasteiger partial charge in [0.25, 0.3) is 0 Å². The number of thioether (sulfide) groups is 1. The van der Waals surface area contributed by atoms with Crippen LogP contribution in [0, 0.1) is 0 Å². The van der Waals surface area contributed by atoms with Crippen molar-refractivity contribution in [3.05, 3.63) is 24.3 Å². The van der Waals surface area contributed by atoms with E-state index in [-0.39, 0.29) is 23.7 Å². The maximum Gasteiger partial charge on any atom is 0.331 e. The predicted molar refractivity (Wildman–Crippen MR) is 111 cm³/mol. The third-order valence-electron chi connectivity index (χ3n) is 3.95. The van der Waals surface area contributed by atoms with E-state index >= 15 is 0 Å². The molecule has 1 aromatic carbocycles. The second-order valence-corrected chi connectivity index (χ2v) is 8.75. The van der Waals surface area contributed by atoms with Crippen LogP contribution in [0.5, 0.6) is 5.75 Å². The highest BCUT2D eigenvalue weighted by Crippen LogP contribution is 2.31. The minimum Gasteiger partial charge on any atom is -0.491 e. The molecule has 1 saturated heterocycles. The monoisotopic (exact) mass is 377 g/mol. The van der Waals surface area contributed by atoms with Gasteiger partial charge in [-0.25, -0.2) is 4.79 Å². The van der Waals surface area contributed by atoms with Crippen molar-refractivity contribution in [2.24, 2.45) is 4.99 Å². The lowest BCUT2D eigenvalue weighted by Crippen LogP contribution is -2.54. The normalized spacial score (nSPS) is 18.6. The molecule has 1 aliphatic heterocycles. The largest absolute Gasteiger partial charge is 0.491 e. The molecule has 2 rings (SSSR count). The van der Waals surface area contributed by atoms with Crippen molar-refractivity contribution < 1.29 is 9.53 Å². The number of rotatable bonds is 5. The van der Waals surface area contributed by atoms with Crippen molar-refractivity contribution in [2.75, 3.05) is 10.8 Å². The number of hydrogen-bond donors (Lipinski definition) is 0. The first-order valence-corrected chi connectivity index (χ1v) is 10.2. The van der Waals surface area contributed by atoms with Crippen LogP contribution in [0.2, 0.25) is 0 Å². The van der Waals surface area contributed by atoms with E-state index in [2.05, 4.69) is 34.6 Å². The Morgan fingerprint density at radius 1 is 1.19 bits per heavy atom. The number of aliphatic imine (C=N–C) groups is 1. The first kappa shape index (κ1) is 20.6. The van der Waals surface area contributed by atoms with Crippen LogP contribution in [0.4, 0.5) is 10.5 Å². The van der Waals surface area contributed by atoms with E-state index in [0.717, 1.165) is 23.0 Å². The van der Waals surface area contributed by atoms with Gasteiger partial charge in [0.2, 0.25) is 0 Å². The molecule has 0 saturated carbocycles. The van der Waals surface area contributed by atoms with Gasteiger partial charge in [0.1, 0.15) is 5.75 Å². The molecule has 1 fully saturated rings. The third-order valence-corrected chi connectivity index (χ3v) is 4.88. The number of amidine groups is 1. The van der Waals surface area contributed by atoms with E-state index in [4.69, 9.17) is 9.73 Å². The number of hydrogen-bond acceptors (Lipinski definition) is 4. The van der Waals surface area contributed by atoms with Gasteiger partial charge in [-0.1, -0.05) is 18.7 Å². The summed E-state index contributed by atoms with van der Waals surface area (Å²) in [6, 6.07) is 7.80. The highest BCUT2D eigenvalue weighted by molar-refractivity contribution is 8.14. The molecule has 2 amide bonds. The Balaban J connectivity index is 2.27. The molecule has 1 atom stereocenters. The number of carbonyl (C=O) groups excluding carboxylic acids is 1. The first-order chi connectivity index (χ1) is 12.1. The lowest BCUT2D eigenvalue weighted by Gasteiger charge is -2.39. The van der Waals surface area contributed by atoms with Gasteiger partial charge >= 0.3 is 6.03 Å². The molecule has 1 heterocycles. The summed E-state index contributed by atoms with van der Waals surface area (Å²) < 4.78 is 5.69. The molecule has 0 bridgehead atoms. The zero-order valence-corrected chi connectivity index (χ0v) is 17.8. The van der Waals surface area contributed by atoms with Crippen molar-refractivity contribution in [3.63, 3.8) is 0 Å². The molecule has 6 heteroatoms. The average molecular weight is 378 g/mol. The van der Waals surface area contributed by atoms with Gasteiger partial charge in [-0.3, -0.25) is 14.8 Å².